The van der Waals surface area contributed by atoms with Gasteiger partial charge in [0.25, 0.3) is 0 Å². The highest BCUT2D eigenvalue weighted by Gasteiger charge is 2.73. The van der Waals surface area contributed by atoms with Crippen molar-refractivity contribution in [2.75, 3.05) is 58.9 Å². The molecule has 1 aliphatic heterocycles. The van der Waals surface area contributed by atoms with E-state index in [2.05, 4.69) is 10.3 Å². The van der Waals surface area contributed by atoms with Crippen molar-refractivity contribution < 1.29 is 19.1 Å². The average Bonchev–Trinajstić information content (AvgIpc) is 3.62. The molecule has 1 N–H and O–H groups in total. The zero-order chi connectivity index (χ0) is 20.5. The standard InChI is InChI=1S/C21H30N4O4/c1-24(2)9-14-29-17-4-3-16(15-22-17)23-18(26)20(5-6-20)21(7-8-21)19(27)25-10-12-28-13-11-25/h3-4,15H,5-14H2,1-2H3,(H,23,26). The molecule has 1 aromatic rings. The number of pyridine rings is 1. The number of hydrogen-bond donors (Lipinski definition) is 1. The average molecular weight is 402 g/mol. The zero-order valence-electron chi connectivity index (χ0n) is 17.3. The smallest absolute Gasteiger partial charge is 0.231 e. The van der Waals surface area contributed by atoms with Gasteiger partial charge in [-0.25, -0.2) is 4.98 Å². The van der Waals surface area contributed by atoms with Gasteiger partial charge in [-0.2, -0.15) is 0 Å². The predicted molar refractivity (Wildman–Crippen MR) is 108 cm³/mol. The van der Waals surface area contributed by atoms with E-state index in [4.69, 9.17) is 9.47 Å². The fourth-order valence-corrected chi connectivity index (χ4v) is 4.26. The molecule has 2 aliphatic carbocycles. The van der Waals surface area contributed by atoms with Gasteiger partial charge in [-0.3, -0.25) is 9.59 Å². The Bertz CT molecular complexity index is 750. The molecule has 0 radical (unpaired) electrons. The summed E-state index contributed by atoms with van der Waals surface area (Å²) in [6, 6.07) is 3.56. The van der Waals surface area contributed by atoms with Gasteiger partial charge in [0.2, 0.25) is 17.7 Å². The molecule has 3 aliphatic rings. The lowest BCUT2D eigenvalue weighted by Crippen LogP contribution is -2.49. The van der Waals surface area contributed by atoms with Gasteiger partial charge in [-0.1, -0.05) is 0 Å². The van der Waals surface area contributed by atoms with Crippen LogP contribution in [0.5, 0.6) is 5.88 Å². The first-order valence-electron chi connectivity index (χ1n) is 10.4. The summed E-state index contributed by atoms with van der Waals surface area (Å²) in [6.07, 6.45) is 4.76. The number of ether oxygens (including phenoxy) is 2. The number of amides is 2. The SMILES string of the molecule is CN(C)CCOc1ccc(NC(=O)C2(C3(C(=O)N4CCOCC4)CC3)CC2)cn1. The van der Waals surface area contributed by atoms with Crippen LogP contribution < -0.4 is 10.1 Å². The molecule has 0 aromatic carbocycles. The minimum Gasteiger partial charge on any atom is -0.476 e. The van der Waals surface area contributed by atoms with E-state index < -0.39 is 10.8 Å². The molecule has 2 heterocycles. The number of nitrogens with one attached hydrogen (secondary N) is 1. The van der Waals surface area contributed by atoms with Gasteiger partial charge in [0, 0.05) is 25.7 Å². The molecular weight excluding hydrogens is 372 g/mol. The second kappa shape index (κ2) is 7.91. The number of carbonyl (C=O) groups excluding carboxylic acids is 2. The van der Waals surface area contributed by atoms with Crippen molar-refractivity contribution in [3.05, 3.63) is 18.3 Å². The second-order valence-electron chi connectivity index (χ2n) is 8.56. The van der Waals surface area contributed by atoms with Gasteiger partial charge in [0.15, 0.2) is 0 Å². The first-order valence-corrected chi connectivity index (χ1v) is 10.4. The Morgan fingerprint density at radius 2 is 1.86 bits per heavy atom. The lowest BCUT2D eigenvalue weighted by atomic mass is 9.83. The van der Waals surface area contributed by atoms with Crippen LogP contribution >= 0.6 is 0 Å². The molecule has 0 unspecified atom stereocenters. The van der Waals surface area contributed by atoms with Crippen molar-refractivity contribution in [2.45, 2.75) is 25.7 Å². The Kier molecular flexibility index (Phi) is 5.48. The Labute approximate surface area is 171 Å². The third-order valence-corrected chi connectivity index (χ3v) is 6.34. The van der Waals surface area contributed by atoms with Gasteiger partial charge in [0.1, 0.15) is 6.61 Å². The van der Waals surface area contributed by atoms with Crippen LogP contribution in [-0.2, 0) is 14.3 Å². The molecule has 0 atom stereocenters. The zero-order valence-corrected chi connectivity index (χ0v) is 17.3. The topological polar surface area (TPSA) is 84.0 Å². The highest BCUT2D eigenvalue weighted by Crippen LogP contribution is 2.71. The third kappa shape index (κ3) is 3.96. The number of carbonyl (C=O) groups is 2. The van der Waals surface area contributed by atoms with Gasteiger partial charge in [-0.15, -0.1) is 0 Å². The van der Waals surface area contributed by atoms with E-state index in [0.717, 1.165) is 32.2 Å². The fraction of sp³-hybridized carbons (Fsp3) is 0.667. The van der Waals surface area contributed by atoms with Crippen LogP contribution in [0.2, 0.25) is 0 Å². The number of hydrogen-bond acceptors (Lipinski definition) is 6. The molecule has 29 heavy (non-hydrogen) atoms. The molecule has 0 spiro atoms. The Balaban J connectivity index is 1.37. The van der Waals surface area contributed by atoms with E-state index in [1.54, 1.807) is 18.3 Å². The quantitative estimate of drug-likeness (QED) is 0.707. The summed E-state index contributed by atoms with van der Waals surface area (Å²) in [5.41, 5.74) is -0.448. The number of likely N-dealkylation sites (N-methyl/N-ethyl adjacent to an activating group) is 1. The molecule has 2 amide bonds. The Morgan fingerprint density at radius 3 is 2.41 bits per heavy atom. The van der Waals surface area contributed by atoms with E-state index in [9.17, 15) is 9.59 Å². The number of nitrogens with zero attached hydrogens (tertiary/aromatic N) is 3. The van der Waals surface area contributed by atoms with E-state index in [-0.39, 0.29) is 11.8 Å². The predicted octanol–water partition coefficient (Wildman–Crippen LogP) is 1.38. The van der Waals surface area contributed by atoms with Gasteiger partial charge in [-0.05, 0) is 45.8 Å². The Morgan fingerprint density at radius 1 is 1.17 bits per heavy atom. The van der Waals surface area contributed by atoms with E-state index in [1.165, 1.54) is 0 Å². The van der Waals surface area contributed by atoms with Crippen LogP contribution in [0.1, 0.15) is 25.7 Å². The van der Waals surface area contributed by atoms with Crippen LogP contribution in [0.3, 0.4) is 0 Å². The number of morpholine rings is 1. The first-order chi connectivity index (χ1) is 14.0. The summed E-state index contributed by atoms with van der Waals surface area (Å²) in [5.74, 6) is 0.614. The lowest BCUT2D eigenvalue weighted by molar-refractivity contribution is -0.147. The van der Waals surface area contributed by atoms with Crippen molar-refractivity contribution in [3.8, 4) is 5.88 Å². The molecule has 2 saturated carbocycles. The first kappa shape index (κ1) is 20.1. The summed E-state index contributed by atoms with van der Waals surface area (Å²) in [4.78, 5) is 34.5. The number of rotatable bonds is 8. The number of aromatic nitrogens is 1. The molecule has 4 rings (SSSR count). The molecule has 3 fully saturated rings. The van der Waals surface area contributed by atoms with Crippen LogP contribution in [0, 0.1) is 10.8 Å². The summed E-state index contributed by atoms with van der Waals surface area (Å²) < 4.78 is 11.0. The van der Waals surface area contributed by atoms with Crippen molar-refractivity contribution in [1.82, 2.24) is 14.8 Å². The van der Waals surface area contributed by atoms with Gasteiger partial charge >= 0.3 is 0 Å². The molecular formula is C21H30N4O4. The summed E-state index contributed by atoms with van der Waals surface area (Å²) in [7, 11) is 3.97. The van der Waals surface area contributed by atoms with Crippen molar-refractivity contribution >= 4 is 17.5 Å². The molecule has 1 saturated heterocycles. The minimum absolute atomic E-state index is 0.0558. The van der Waals surface area contributed by atoms with Crippen LogP contribution in [0.4, 0.5) is 5.69 Å². The lowest BCUT2D eigenvalue weighted by Gasteiger charge is -2.33. The monoisotopic (exact) mass is 402 g/mol. The summed E-state index contributed by atoms with van der Waals surface area (Å²) >= 11 is 0. The van der Waals surface area contributed by atoms with E-state index in [0.29, 0.717) is 44.5 Å². The molecule has 158 valence electrons. The minimum atomic E-state index is -0.566. The molecule has 1 aromatic heterocycles. The van der Waals surface area contributed by atoms with Crippen LogP contribution in [0.25, 0.3) is 0 Å². The highest BCUT2D eigenvalue weighted by molar-refractivity contribution is 6.03. The molecule has 8 heteroatoms. The second-order valence-corrected chi connectivity index (χ2v) is 8.56. The molecule has 0 bridgehead atoms. The van der Waals surface area contributed by atoms with Crippen molar-refractivity contribution in [2.24, 2.45) is 10.8 Å². The highest BCUT2D eigenvalue weighted by atomic mass is 16.5. The van der Waals surface area contributed by atoms with Crippen LogP contribution in [-0.4, -0.2) is 80.1 Å². The van der Waals surface area contributed by atoms with Crippen molar-refractivity contribution in [1.29, 1.82) is 0 Å². The summed E-state index contributed by atoms with van der Waals surface area (Å²) in [5, 5.41) is 2.99. The maximum absolute atomic E-state index is 13.2. The fourth-order valence-electron chi connectivity index (χ4n) is 4.26. The van der Waals surface area contributed by atoms with E-state index >= 15 is 0 Å². The number of anilines is 1. The van der Waals surface area contributed by atoms with E-state index in [1.807, 2.05) is 23.9 Å². The normalized spacial score (nSPS) is 21.6. The van der Waals surface area contributed by atoms with Gasteiger partial charge in [0.05, 0.1) is 35.9 Å². The largest absolute Gasteiger partial charge is 0.476 e. The summed E-state index contributed by atoms with van der Waals surface area (Å²) in [6.45, 7) is 3.77. The van der Waals surface area contributed by atoms with Gasteiger partial charge < -0.3 is 24.6 Å². The Hall–Kier alpha value is -2.19. The van der Waals surface area contributed by atoms with Crippen LogP contribution in [0.15, 0.2) is 18.3 Å². The maximum atomic E-state index is 13.2. The third-order valence-electron chi connectivity index (χ3n) is 6.34. The molecule has 8 nitrogen and oxygen atoms in total. The maximum Gasteiger partial charge on any atom is 0.231 e. The van der Waals surface area contributed by atoms with Crippen molar-refractivity contribution in [3.63, 3.8) is 0 Å².